The molecule has 0 saturated carbocycles. The van der Waals surface area contributed by atoms with Crippen LogP contribution in [0.3, 0.4) is 0 Å². The van der Waals surface area contributed by atoms with E-state index in [2.05, 4.69) is 10.0 Å². The van der Waals surface area contributed by atoms with Gasteiger partial charge in [0.2, 0.25) is 5.91 Å². The average Bonchev–Trinajstić information content (AvgIpc) is 2.44. The third-order valence-corrected chi connectivity index (χ3v) is 5.11. The normalized spacial score (nSPS) is 21.5. The predicted octanol–water partition coefficient (Wildman–Crippen LogP) is 0.152. The number of piperidine rings is 1. The van der Waals surface area contributed by atoms with Gasteiger partial charge in [0.15, 0.2) is 0 Å². The minimum atomic E-state index is -3.97. The second-order valence-corrected chi connectivity index (χ2v) is 8.27. The number of amides is 1. The Morgan fingerprint density at radius 1 is 1.26 bits per heavy atom. The van der Waals surface area contributed by atoms with E-state index < -0.39 is 39.8 Å². The van der Waals surface area contributed by atoms with Crippen LogP contribution in [0.2, 0.25) is 0 Å². The molecule has 1 aliphatic rings. The highest BCUT2D eigenvalue weighted by atomic mass is 32.2. The van der Waals surface area contributed by atoms with Crippen LogP contribution in [0.25, 0.3) is 0 Å². The van der Waals surface area contributed by atoms with Crippen molar-refractivity contribution in [3.63, 3.8) is 0 Å². The number of hydrogen-bond donors (Lipinski definition) is 2. The van der Waals surface area contributed by atoms with Crippen LogP contribution < -0.4 is 10.0 Å². The minimum Gasteiger partial charge on any atom is -0.459 e. The molecule has 1 aliphatic heterocycles. The van der Waals surface area contributed by atoms with Crippen LogP contribution in [-0.2, 0) is 24.5 Å². The highest BCUT2D eigenvalue weighted by molar-refractivity contribution is 7.87. The maximum Gasteiger partial charge on any atom is 0.325 e. The number of ether oxygens (including phenoxy) is 1. The first-order valence-electron chi connectivity index (χ1n) is 7.71. The van der Waals surface area contributed by atoms with Gasteiger partial charge in [-0.15, -0.1) is 0 Å². The lowest BCUT2D eigenvalue weighted by molar-refractivity contribution is -0.160. The molecule has 1 heterocycles. The van der Waals surface area contributed by atoms with Crippen molar-refractivity contribution in [3.8, 4) is 0 Å². The number of carbonyl (C=O) groups is 2. The van der Waals surface area contributed by atoms with Crippen molar-refractivity contribution in [1.82, 2.24) is 14.3 Å². The van der Waals surface area contributed by atoms with Crippen LogP contribution in [0.1, 0.15) is 47.0 Å². The Bertz CT molecular complexity index is 541. The molecule has 0 aromatic heterocycles. The molecule has 0 spiro atoms. The van der Waals surface area contributed by atoms with Gasteiger partial charge < -0.3 is 10.1 Å². The van der Waals surface area contributed by atoms with Crippen LogP contribution >= 0.6 is 0 Å². The van der Waals surface area contributed by atoms with Crippen LogP contribution in [0, 0.1) is 0 Å². The smallest absolute Gasteiger partial charge is 0.325 e. The summed E-state index contributed by atoms with van der Waals surface area (Å²) < 4.78 is 33.8. The van der Waals surface area contributed by atoms with Gasteiger partial charge in [0.25, 0.3) is 10.2 Å². The Kier molecular flexibility index (Phi) is 6.55. The van der Waals surface area contributed by atoms with Gasteiger partial charge in [-0.1, -0.05) is 0 Å². The lowest BCUT2D eigenvalue weighted by atomic mass is 10.0. The number of likely N-dealkylation sites (N-methyl/N-ethyl adjacent to an activating group) is 1. The molecule has 8 nitrogen and oxygen atoms in total. The largest absolute Gasteiger partial charge is 0.459 e. The maximum absolute atomic E-state index is 12.5. The second-order valence-electron chi connectivity index (χ2n) is 6.61. The molecule has 2 atom stereocenters. The van der Waals surface area contributed by atoms with E-state index in [0.29, 0.717) is 12.8 Å². The quantitative estimate of drug-likeness (QED) is 0.688. The lowest BCUT2D eigenvalue weighted by Crippen LogP contribution is -2.56. The average molecular weight is 349 g/mol. The lowest BCUT2D eigenvalue weighted by Gasteiger charge is -2.35. The molecule has 23 heavy (non-hydrogen) atoms. The zero-order valence-electron chi connectivity index (χ0n) is 14.4. The standard InChI is InChI=1S/C14H27N3O5S/c1-10(12(18)15-5)16-23(20,21)17-9-7-6-8-11(17)13(19)22-14(2,3)4/h10-11,16H,6-9H2,1-5H3,(H,15,18)/t10-,11?/m1/s1. The second kappa shape index (κ2) is 7.59. The summed E-state index contributed by atoms with van der Waals surface area (Å²) in [4.78, 5) is 23.8. The summed E-state index contributed by atoms with van der Waals surface area (Å²) in [5.41, 5.74) is -0.688. The first-order valence-corrected chi connectivity index (χ1v) is 9.15. The van der Waals surface area contributed by atoms with Gasteiger partial charge >= 0.3 is 5.97 Å². The molecule has 1 saturated heterocycles. The molecule has 0 aromatic rings. The number of carbonyl (C=O) groups excluding carboxylic acids is 2. The molecule has 9 heteroatoms. The van der Waals surface area contributed by atoms with Crippen molar-refractivity contribution >= 4 is 22.1 Å². The molecule has 1 unspecified atom stereocenters. The van der Waals surface area contributed by atoms with Gasteiger partial charge in [-0.05, 0) is 47.0 Å². The summed E-state index contributed by atoms with van der Waals surface area (Å²) in [5, 5.41) is 2.38. The summed E-state index contributed by atoms with van der Waals surface area (Å²) >= 11 is 0. The Balaban J connectivity index is 2.92. The first-order chi connectivity index (χ1) is 10.5. The predicted molar refractivity (Wildman–Crippen MR) is 85.8 cm³/mol. The number of nitrogens with zero attached hydrogens (tertiary/aromatic N) is 1. The van der Waals surface area contributed by atoms with E-state index in [-0.39, 0.29) is 6.54 Å². The van der Waals surface area contributed by atoms with E-state index in [1.165, 1.54) is 14.0 Å². The molecule has 2 N–H and O–H groups in total. The fraction of sp³-hybridized carbons (Fsp3) is 0.857. The van der Waals surface area contributed by atoms with Crippen molar-refractivity contribution in [1.29, 1.82) is 0 Å². The van der Waals surface area contributed by atoms with Crippen molar-refractivity contribution in [2.45, 2.75) is 64.6 Å². The molecule has 0 radical (unpaired) electrons. The Hall–Kier alpha value is -1.19. The van der Waals surface area contributed by atoms with Gasteiger partial charge in [0, 0.05) is 13.6 Å². The zero-order chi connectivity index (χ0) is 17.8. The Morgan fingerprint density at radius 3 is 2.39 bits per heavy atom. The molecule has 1 fully saturated rings. The topological polar surface area (TPSA) is 105 Å². The van der Waals surface area contributed by atoms with E-state index in [0.717, 1.165) is 10.7 Å². The summed E-state index contributed by atoms with van der Waals surface area (Å²) in [5.74, 6) is -1.01. The monoisotopic (exact) mass is 349 g/mol. The minimum absolute atomic E-state index is 0.222. The third-order valence-electron chi connectivity index (χ3n) is 3.41. The highest BCUT2D eigenvalue weighted by Gasteiger charge is 2.39. The van der Waals surface area contributed by atoms with Gasteiger partial charge in [-0.3, -0.25) is 9.59 Å². The van der Waals surface area contributed by atoms with Crippen molar-refractivity contribution in [2.24, 2.45) is 0 Å². The van der Waals surface area contributed by atoms with E-state index >= 15 is 0 Å². The molecule has 0 aromatic carbocycles. The number of hydrogen-bond acceptors (Lipinski definition) is 5. The van der Waals surface area contributed by atoms with E-state index in [1.54, 1.807) is 20.8 Å². The van der Waals surface area contributed by atoms with Crippen LogP contribution in [-0.4, -0.2) is 55.9 Å². The summed E-state index contributed by atoms with van der Waals surface area (Å²) in [6.45, 7) is 6.87. The van der Waals surface area contributed by atoms with Crippen LogP contribution in [0.5, 0.6) is 0 Å². The number of rotatable bonds is 5. The summed E-state index contributed by atoms with van der Waals surface area (Å²) in [6.07, 6.45) is 1.82. The Morgan fingerprint density at radius 2 is 1.87 bits per heavy atom. The molecular formula is C14H27N3O5S. The molecule has 0 aliphatic carbocycles. The SMILES string of the molecule is CNC(=O)[C@@H](C)NS(=O)(=O)N1CCCCC1C(=O)OC(C)(C)C. The van der Waals surface area contributed by atoms with E-state index in [1.807, 2.05) is 0 Å². The van der Waals surface area contributed by atoms with Crippen LogP contribution in [0.4, 0.5) is 0 Å². The number of nitrogens with one attached hydrogen (secondary N) is 2. The summed E-state index contributed by atoms with van der Waals surface area (Å²) in [6, 6.07) is -1.79. The molecule has 1 amide bonds. The molecule has 1 rings (SSSR count). The fourth-order valence-corrected chi connectivity index (χ4v) is 3.94. The van der Waals surface area contributed by atoms with Crippen molar-refractivity contribution in [2.75, 3.05) is 13.6 Å². The van der Waals surface area contributed by atoms with Gasteiger partial charge in [-0.2, -0.15) is 17.4 Å². The summed E-state index contributed by atoms with van der Waals surface area (Å²) in [7, 11) is -2.54. The first kappa shape index (κ1) is 19.9. The van der Waals surface area contributed by atoms with Crippen LogP contribution in [0.15, 0.2) is 0 Å². The molecule has 134 valence electrons. The van der Waals surface area contributed by atoms with Gasteiger partial charge in [0.1, 0.15) is 11.6 Å². The zero-order valence-corrected chi connectivity index (χ0v) is 15.2. The van der Waals surface area contributed by atoms with Gasteiger partial charge in [0.05, 0.1) is 6.04 Å². The fourth-order valence-electron chi connectivity index (χ4n) is 2.36. The molecular weight excluding hydrogens is 322 g/mol. The van der Waals surface area contributed by atoms with E-state index in [4.69, 9.17) is 4.74 Å². The van der Waals surface area contributed by atoms with Gasteiger partial charge in [-0.25, -0.2) is 0 Å². The van der Waals surface area contributed by atoms with Crippen molar-refractivity contribution in [3.05, 3.63) is 0 Å². The van der Waals surface area contributed by atoms with E-state index in [9.17, 15) is 18.0 Å². The highest BCUT2D eigenvalue weighted by Crippen LogP contribution is 2.23. The Labute approximate surface area is 138 Å². The number of esters is 1. The maximum atomic E-state index is 12.5. The van der Waals surface area contributed by atoms with Crippen molar-refractivity contribution < 1.29 is 22.7 Å². The third kappa shape index (κ3) is 5.74. The molecule has 0 bridgehead atoms.